The summed E-state index contributed by atoms with van der Waals surface area (Å²) < 4.78 is 0. The molecule has 1 aliphatic heterocycles. The van der Waals surface area contributed by atoms with Crippen LogP contribution >= 0.6 is 11.8 Å². The van der Waals surface area contributed by atoms with Crippen molar-refractivity contribution < 1.29 is 4.79 Å². The normalized spacial score (nSPS) is 16.1. The summed E-state index contributed by atoms with van der Waals surface area (Å²) in [5, 5.41) is 2.76. The topological polar surface area (TPSA) is 70.7 Å². The summed E-state index contributed by atoms with van der Waals surface area (Å²) in [5.74, 6) is 2.74. The van der Waals surface area contributed by atoms with Crippen molar-refractivity contribution in [2.45, 2.75) is 13.5 Å². The van der Waals surface area contributed by atoms with Gasteiger partial charge >= 0.3 is 0 Å². The van der Waals surface area contributed by atoms with Gasteiger partial charge in [0.05, 0.1) is 6.54 Å². The molecule has 20 heavy (non-hydrogen) atoms. The van der Waals surface area contributed by atoms with Gasteiger partial charge in [0.15, 0.2) is 5.96 Å². The predicted molar refractivity (Wildman–Crippen MR) is 85.0 cm³/mol. The number of hydrogen-bond acceptors (Lipinski definition) is 3. The molecule has 0 bridgehead atoms. The second-order valence-corrected chi connectivity index (χ2v) is 5.88. The number of hydrogen-bond donors (Lipinski definition) is 2. The van der Waals surface area contributed by atoms with Crippen molar-refractivity contribution in [2.24, 2.45) is 10.7 Å². The van der Waals surface area contributed by atoms with E-state index in [1.165, 1.54) is 6.92 Å². The lowest BCUT2D eigenvalue weighted by Gasteiger charge is -2.27. The molecule has 6 heteroatoms. The van der Waals surface area contributed by atoms with Crippen molar-refractivity contribution in [3.05, 3.63) is 29.8 Å². The van der Waals surface area contributed by atoms with Gasteiger partial charge in [-0.2, -0.15) is 11.8 Å². The molecule has 3 N–H and O–H groups in total. The zero-order chi connectivity index (χ0) is 14.4. The van der Waals surface area contributed by atoms with Crippen molar-refractivity contribution in [3.63, 3.8) is 0 Å². The van der Waals surface area contributed by atoms with Gasteiger partial charge in [-0.3, -0.25) is 4.79 Å². The Bertz CT molecular complexity index is 498. The average molecular weight is 292 g/mol. The first-order valence-electron chi connectivity index (χ1n) is 6.64. The fraction of sp³-hybridized carbons (Fsp3) is 0.429. The highest BCUT2D eigenvalue weighted by Crippen LogP contribution is 2.12. The van der Waals surface area contributed by atoms with Gasteiger partial charge in [0, 0.05) is 37.2 Å². The second-order valence-electron chi connectivity index (χ2n) is 4.66. The molecule has 1 aliphatic rings. The molecule has 1 saturated heterocycles. The fourth-order valence-corrected chi connectivity index (χ4v) is 2.92. The van der Waals surface area contributed by atoms with Gasteiger partial charge in [0.25, 0.3) is 0 Å². The maximum atomic E-state index is 11.0. The number of guanidine groups is 1. The van der Waals surface area contributed by atoms with Crippen molar-refractivity contribution in [1.29, 1.82) is 0 Å². The van der Waals surface area contributed by atoms with E-state index in [2.05, 4.69) is 15.2 Å². The number of carbonyl (C=O) groups is 1. The van der Waals surface area contributed by atoms with Crippen LogP contribution in [0.4, 0.5) is 5.69 Å². The summed E-state index contributed by atoms with van der Waals surface area (Å²) in [7, 11) is 0. The molecule has 0 spiro atoms. The maximum Gasteiger partial charge on any atom is 0.221 e. The van der Waals surface area contributed by atoms with E-state index in [1.54, 1.807) is 0 Å². The van der Waals surface area contributed by atoms with E-state index in [4.69, 9.17) is 5.73 Å². The highest BCUT2D eigenvalue weighted by molar-refractivity contribution is 7.99. The minimum Gasteiger partial charge on any atom is -0.370 e. The number of rotatable bonds is 3. The summed E-state index contributed by atoms with van der Waals surface area (Å²) in [4.78, 5) is 17.6. The quantitative estimate of drug-likeness (QED) is 0.654. The van der Waals surface area contributed by atoms with E-state index in [0.717, 1.165) is 35.8 Å². The third kappa shape index (κ3) is 4.45. The first-order chi connectivity index (χ1) is 9.65. The number of aliphatic imine (C=N–C) groups is 1. The van der Waals surface area contributed by atoms with Crippen LogP contribution < -0.4 is 11.1 Å². The van der Waals surface area contributed by atoms with E-state index in [9.17, 15) is 4.79 Å². The van der Waals surface area contributed by atoms with E-state index in [1.807, 2.05) is 36.0 Å². The van der Waals surface area contributed by atoms with Gasteiger partial charge in [-0.25, -0.2) is 4.99 Å². The van der Waals surface area contributed by atoms with E-state index in [0.29, 0.717) is 12.5 Å². The maximum absolute atomic E-state index is 11.0. The number of amides is 1. The Morgan fingerprint density at radius 1 is 1.45 bits per heavy atom. The van der Waals surface area contributed by atoms with Gasteiger partial charge < -0.3 is 16.0 Å². The van der Waals surface area contributed by atoms with Crippen LogP contribution in [0.15, 0.2) is 29.3 Å². The van der Waals surface area contributed by atoms with Gasteiger partial charge in [-0.1, -0.05) is 12.1 Å². The Kier molecular flexibility index (Phi) is 5.29. The third-order valence-electron chi connectivity index (χ3n) is 3.01. The Morgan fingerprint density at radius 2 is 2.20 bits per heavy atom. The van der Waals surface area contributed by atoms with Crippen molar-refractivity contribution in [3.8, 4) is 0 Å². The summed E-state index contributed by atoms with van der Waals surface area (Å²) in [6, 6.07) is 7.67. The van der Waals surface area contributed by atoms with Crippen molar-refractivity contribution in [2.75, 3.05) is 29.9 Å². The number of nitrogens with one attached hydrogen (secondary N) is 1. The van der Waals surface area contributed by atoms with E-state index < -0.39 is 0 Å². The molecule has 0 saturated carbocycles. The van der Waals surface area contributed by atoms with Crippen molar-refractivity contribution in [1.82, 2.24) is 4.90 Å². The summed E-state index contributed by atoms with van der Waals surface area (Å²) in [5.41, 5.74) is 7.83. The van der Waals surface area contributed by atoms with Gasteiger partial charge in [-0.05, 0) is 17.7 Å². The van der Waals surface area contributed by atoms with Crippen LogP contribution in [-0.4, -0.2) is 41.4 Å². The molecule has 0 aliphatic carbocycles. The monoisotopic (exact) mass is 292 g/mol. The average Bonchev–Trinajstić information content (AvgIpc) is 2.45. The summed E-state index contributed by atoms with van der Waals surface area (Å²) >= 11 is 1.95. The highest BCUT2D eigenvalue weighted by Gasteiger charge is 2.11. The molecule has 1 aromatic rings. The molecule has 0 atom stereocenters. The van der Waals surface area contributed by atoms with Gasteiger partial charge in [-0.15, -0.1) is 0 Å². The molecule has 1 amide bonds. The first kappa shape index (κ1) is 14.7. The number of carbonyl (C=O) groups excluding carboxylic acids is 1. The van der Waals surface area contributed by atoms with Crippen molar-refractivity contribution >= 4 is 29.3 Å². The lowest BCUT2D eigenvalue weighted by Crippen LogP contribution is -2.42. The molecule has 1 heterocycles. The van der Waals surface area contributed by atoms with Crippen LogP contribution in [0.5, 0.6) is 0 Å². The van der Waals surface area contributed by atoms with Gasteiger partial charge in [0.1, 0.15) is 0 Å². The summed E-state index contributed by atoms with van der Waals surface area (Å²) in [6.45, 7) is 3.96. The Hall–Kier alpha value is -1.69. The largest absolute Gasteiger partial charge is 0.370 e. The number of benzene rings is 1. The lowest BCUT2D eigenvalue weighted by atomic mass is 10.2. The molecular weight excluding hydrogens is 272 g/mol. The molecule has 0 radical (unpaired) electrons. The Morgan fingerprint density at radius 3 is 2.90 bits per heavy atom. The molecule has 5 nitrogen and oxygen atoms in total. The first-order valence-corrected chi connectivity index (χ1v) is 7.80. The van der Waals surface area contributed by atoms with Crippen LogP contribution in [0.2, 0.25) is 0 Å². The number of nitrogens with zero attached hydrogens (tertiary/aromatic N) is 2. The summed E-state index contributed by atoms with van der Waals surface area (Å²) in [6.07, 6.45) is 0. The third-order valence-corrected chi connectivity index (χ3v) is 3.95. The van der Waals surface area contributed by atoms with E-state index >= 15 is 0 Å². The smallest absolute Gasteiger partial charge is 0.221 e. The van der Waals surface area contributed by atoms with Crippen LogP contribution in [0.1, 0.15) is 12.5 Å². The van der Waals surface area contributed by atoms with Crippen LogP contribution in [0.3, 0.4) is 0 Å². The molecule has 108 valence electrons. The molecular formula is C14H20N4OS. The minimum atomic E-state index is -0.0732. The number of anilines is 1. The highest BCUT2D eigenvalue weighted by atomic mass is 32.2. The van der Waals surface area contributed by atoms with Crippen LogP contribution in [0.25, 0.3) is 0 Å². The Balaban J connectivity index is 1.96. The minimum absolute atomic E-state index is 0.0732. The van der Waals surface area contributed by atoms with Crippen LogP contribution in [0, 0.1) is 0 Å². The van der Waals surface area contributed by atoms with Crippen LogP contribution in [-0.2, 0) is 11.3 Å². The zero-order valence-corrected chi connectivity index (χ0v) is 12.4. The number of nitrogens with two attached hydrogens (primary N) is 1. The standard InChI is InChI=1S/C14H20N4OS/c1-11(19)17-13-4-2-3-12(9-13)10-16-14(15)18-5-7-20-8-6-18/h2-4,9H,5-8,10H2,1H3,(H2,15,16)(H,17,19). The lowest BCUT2D eigenvalue weighted by molar-refractivity contribution is -0.114. The molecule has 0 unspecified atom stereocenters. The second kappa shape index (κ2) is 7.19. The predicted octanol–water partition coefficient (Wildman–Crippen LogP) is 1.51. The molecule has 1 fully saturated rings. The zero-order valence-electron chi connectivity index (χ0n) is 11.6. The van der Waals surface area contributed by atoms with Gasteiger partial charge in [0.2, 0.25) is 5.91 Å². The molecule has 0 aromatic heterocycles. The Labute approximate surface area is 123 Å². The molecule has 1 aromatic carbocycles. The van der Waals surface area contributed by atoms with E-state index in [-0.39, 0.29) is 5.91 Å². The molecule has 2 rings (SSSR count). The fourth-order valence-electron chi connectivity index (χ4n) is 2.02. The SMILES string of the molecule is CC(=O)Nc1cccc(CN=C(N)N2CCSCC2)c1. The number of thioether (sulfide) groups is 1.